The Morgan fingerprint density at radius 1 is 1.24 bits per heavy atom. The number of carbonyl (C=O) groups is 1. The average Bonchev–Trinajstić information content (AvgIpc) is 2.54. The molecule has 0 aromatic heterocycles. The number of rotatable bonds is 6. The number of phenolic OH excluding ortho intramolecular Hbond substituents is 2. The van der Waals surface area contributed by atoms with Crippen molar-refractivity contribution in [1.29, 1.82) is 0 Å². The van der Waals surface area contributed by atoms with Crippen molar-refractivity contribution in [2.24, 2.45) is 0 Å². The Morgan fingerprint density at radius 2 is 1.96 bits per heavy atom. The zero-order valence-corrected chi connectivity index (χ0v) is 13.1. The van der Waals surface area contributed by atoms with Crippen molar-refractivity contribution in [2.75, 3.05) is 6.61 Å². The molecule has 2 rings (SSSR count). The molecule has 138 valence electrons. The second-order valence-electron chi connectivity index (χ2n) is 5.87. The average molecular weight is 356 g/mol. The molecule has 9 nitrogen and oxygen atoms in total. The van der Waals surface area contributed by atoms with Crippen LogP contribution in [0.15, 0.2) is 24.3 Å². The number of aliphatic carboxylic acids is 1. The van der Waals surface area contributed by atoms with Crippen molar-refractivity contribution in [1.82, 2.24) is 0 Å². The molecule has 9 heteroatoms. The highest BCUT2D eigenvalue weighted by Crippen LogP contribution is 2.31. The van der Waals surface area contributed by atoms with Crippen LogP contribution in [0.3, 0.4) is 0 Å². The zero-order chi connectivity index (χ0) is 18.6. The lowest BCUT2D eigenvalue weighted by Gasteiger charge is -2.38. The Hall–Kier alpha value is -2.17. The van der Waals surface area contributed by atoms with Crippen molar-refractivity contribution in [2.45, 2.75) is 36.8 Å². The van der Waals surface area contributed by atoms with E-state index < -0.39 is 42.7 Å². The molecule has 1 aromatic carbocycles. The van der Waals surface area contributed by atoms with E-state index in [0.717, 1.165) is 0 Å². The Kier molecular flexibility index (Phi) is 5.98. The predicted molar refractivity (Wildman–Crippen MR) is 83.5 cm³/mol. The standard InChI is InChI=1S/C16H20O9/c17-10-4-3-9(6-11(10)18)2-1-5-24-25-13-8-16(23,15(21)22)7-12(19)14(13)20/h1-4,6,12-14,17-20,23H,5,7-8H2,(H,21,22). The predicted octanol–water partition coefficient (Wildman–Crippen LogP) is -0.241. The first kappa shape index (κ1) is 19.2. The maximum atomic E-state index is 11.1. The van der Waals surface area contributed by atoms with E-state index in [1.54, 1.807) is 12.1 Å². The Bertz CT molecular complexity index is 644. The molecule has 0 amide bonds. The van der Waals surface area contributed by atoms with Crippen molar-refractivity contribution in [3.63, 3.8) is 0 Å². The van der Waals surface area contributed by atoms with E-state index in [9.17, 15) is 30.3 Å². The first-order chi connectivity index (χ1) is 11.7. The largest absolute Gasteiger partial charge is 0.504 e. The van der Waals surface area contributed by atoms with E-state index in [0.29, 0.717) is 5.56 Å². The molecule has 1 saturated carbocycles. The zero-order valence-electron chi connectivity index (χ0n) is 13.1. The van der Waals surface area contributed by atoms with Gasteiger partial charge in [-0.25, -0.2) is 14.6 Å². The maximum absolute atomic E-state index is 11.1. The molecule has 0 saturated heterocycles. The summed E-state index contributed by atoms with van der Waals surface area (Å²) in [5.41, 5.74) is -1.61. The van der Waals surface area contributed by atoms with Crippen LogP contribution in [0, 0.1) is 0 Å². The maximum Gasteiger partial charge on any atom is 0.335 e. The molecule has 1 fully saturated rings. The van der Waals surface area contributed by atoms with Crippen LogP contribution in [0.25, 0.3) is 6.08 Å². The molecule has 0 radical (unpaired) electrons. The van der Waals surface area contributed by atoms with E-state index in [-0.39, 0.29) is 18.1 Å². The minimum absolute atomic E-state index is 0.0769. The molecule has 1 aliphatic carbocycles. The number of benzene rings is 1. The Labute approximate surface area is 142 Å². The van der Waals surface area contributed by atoms with Gasteiger partial charge in [-0.1, -0.05) is 18.2 Å². The molecule has 4 unspecified atom stereocenters. The van der Waals surface area contributed by atoms with Gasteiger partial charge in [0.1, 0.15) is 18.8 Å². The van der Waals surface area contributed by atoms with Gasteiger partial charge >= 0.3 is 5.97 Å². The second kappa shape index (κ2) is 7.81. The molecule has 1 aromatic rings. The summed E-state index contributed by atoms with van der Waals surface area (Å²) < 4.78 is 0. The molecular formula is C16H20O9. The second-order valence-corrected chi connectivity index (χ2v) is 5.87. The third-order valence-electron chi connectivity index (χ3n) is 3.92. The van der Waals surface area contributed by atoms with Gasteiger partial charge in [-0.15, -0.1) is 0 Å². The van der Waals surface area contributed by atoms with Crippen molar-refractivity contribution in [3.8, 4) is 11.5 Å². The van der Waals surface area contributed by atoms with Gasteiger partial charge in [0.2, 0.25) is 0 Å². The quantitative estimate of drug-likeness (QED) is 0.175. The van der Waals surface area contributed by atoms with Gasteiger partial charge in [0.15, 0.2) is 17.1 Å². The van der Waals surface area contributed by atoms with Gasteiger partial charge < -0.3 is 30.6 Å². The smallest absolute Gasteiger partial charge is 0.335 e. The number of hydrogen-bond acceptors (Lipinski definition) is 8. The van der Waals surface area contributed by atoms with Crippen LogP contribution in [-0.2, 0) is 14.6 Å². The fraction of sp³-hybridized carbons (Fsp3) is 0.438. The minimum Gasteiger partial charge on any atom is -0.504 e. The molecule has 25 heavy (non-hydrogen) atoms. The highest BCUT2D eigenvalue weighted by Gasteiger charge is 2.50. The van der Waals surface area contributed by atoms with Crippen LogP contribution < -0.4 is 0 Å². The molecule has 4 atom stereocenters. The molecule has 0 bridgehead atoms. The normalized spacial score (nSPS) is 29.8. The summed E-state index contributed by atoms with van der Waals surface area (Å²) in [5.74, 6) is -2.03. The van der Waals surface area contributed by atoms with Gasteiger partial charge in [0.05, 0.1) is 6.10 Å². The molecule has 6 N–H and O–H groups in total. The lowest BCUT2D eigenvalue weighted by Crippen LogP contribution is -2.56. The highest BCUT2D eigenvalue weighted by molar-refractivity contribution is 5.77. The number of phenols is 2. The molecule has 0 spiro atoms. The number of carboxylic acids is 1. The first-order valence-electron chi connectivity index (χ1n) is 7.51. The number of aliphatic hydroxyl groups is 3. The fourth-order valence-corrected chi connectivity index (χ4v) is 2.51. The van der Waals surface area contributed by atoms with Crippen LogP contribution in [0.1, 0.15) is 18.4 Å². The van der Waals surface area contributed by atoms with Crippen molar-refractivity contribution < 1.29 is 45.2 Å². The van der Waals surface area contributed by atoms with E-state index in [1.165, 1.54) is 18.2 Å². The molecule has 0 aliphatic heterocycles. The summed E-state index contributed by atoms with van der Waals surface area (Å²) in [4.78, 5) is 20.9. The molecule has 1 aliphatic rings. The van der Waals surface area contributed by atoms with Crippen LogP contribution in [0.5, 0.6) is 11.5 Å². The van der Waals surface area contributed by atoms with Gasteiger partial charge in [0.25, 0.3) is 0 Å². The minimum atomic E-state index is -2.20. The van der Waals surface area contributed by atoms with Gasteiger partial charge in [0, 0.05) is 12.8 Å². The topological polar surface area (TPSA) is 157 Å². The van der Waals surface area contributed by atoms with Crippen LogP contribution >= 0.6 is 0 Å². The first-order valence-corrected chi connectivity index (χ1v) is 7.51. The van der Waals surface area contributed by atoms with Crippen LogP contribution in [0.2, 0.25) is 0 Å². The van der Waals surface area contributed by atoms with Gasteiger partial charge in [-0.3, -0.25) is 0 Å². The Morgan fingerprint density at radius 3 is 2.60 bits per heavy atom. The van der Waals surface area contributed by atoms with E-state index in [2.05, 4.69) is 0 Å². The van der Waals surface area contributed by atoms with Crippen LogP contribution in [0.4, 0.5) is 0 Å². The van der Waals surface area contributed by atoms with E-state index in [1.807, 2.05) is 0 Å². The molecular weight excluding hydrogens is 336 g/mol. The lowest BCUT2D eigenvalue weighted by atomic mass is 9.80. The van der Waals surface area contributed by atoms with Crippen LogP contribution in [-0.4, -0.2) is 67.1 Å². The number of aliphatic hydroxyl groups excluding tert-OH is 2. The monoisotopic (exact) mass is 356 g/mol. The van der Waals surface area contributed by atoms with Crippen molar-refractivity contribution >= 4 is 12.0 Å². The number of hydrogen-bond donors (Lipinski definition) is 6. The highest BCUT2D eigenvalue weighted by atomic mass is 17.2. The van der Waals surface area contributed by atoms with Crippen molar-refractivity contribution in [3.05, 3.63) is 29.8 Å². The van der Waals surface area contributed by atoms with Gasteiger partial charge in [-0.05, 0) is 17.7 Å². The number of aromatic hydroxyl groups is 2. The third-order valence-corrected chi connectivity index (χ3v) is 3.92. The lowest BCUT2D eigenvalue weighted by molar-refractivity contribution is -0.350. The summed E-state index contributed by atoms with van der Waals surface area (Å²) in [7, 11) is 0. The summed E-state index contributed by atoms with van der Waals surface area (Å²) >= 11 is 0. The Balaban J connectivity index is 1.86. The van der Waals surface area contributed by atoms with Gasteiger partial charge in [-0.2, -0.15) is 0 Å². The summed E-state index contributed by atoms with van der Waals surface area (Å²) in [6.07, 6.45) is -1.92. The van der Waals surface area contributed by atoms with E-state index >= 15 is 0 Å². The number of carboxylic acid groups (broad SMARTS) is 1. The molecule has 0 heterocycles. The third kappa shape index (κ3) is 4.68. The SMILES string of the molecule is O=C(O)C1(O)CC(O)C(O)C(OOCC=Cc2ccc(O)c(O)c2)C1. The summed E-state index contributed by atoms with van der Waals surface area (Å²) in [5, 5.41) is 57.0. The van der Waals surface area contributed by atoms with E-state index in [4.69, 9.17) is 14.9 Å². The summed E-state index contributed by atoms with van der Waals surface area (Å²) in [6.45, 7) is -0.0769. The summed E-state index contributed by atoms with van der Waals surface area (Å²) in [6, 6.07) is 4.21. The fourth-order valence-electron chi connectivity index (χ4n) is 2.51.